The Balaban J connectivity index is 1.58. The molecule has 0 bridgehead atoms. The lowest BCUT2D eigenvalue weighted by Gasteiger charge is -2.59. The van der Waals surface area contributed by atoms with Crippen molar-refractivity contribution < 1.29 is 9.90 Å². The van der Waals surface area contributed by atoms with E-state index in [4.69, 9.17) is 5.73 Å². The van der Waals surface area contributed by atoms with Crippen LogP contribution in [0.25, 0.3) is 0 Å². The Morgan fingerprint density at radius 1 is 1.23 bits per heavy atom. The third-order valence-corrected chi connectivity index (χ3v) is 10.1. The Hall–Kier alpha value is -1.43. The van der Waals surface area contributed by atoms with Gasteiger partial charge in [0.1, 0.15) is 0 Å². The van der Waals surface area contributed by atoms with Crippen LogP contribution in [0, 0.1) is 23.2 Å². The molecule has 0 aliphatic heterocycles. The van der Waals surface area contributed by atoms with E-state index < -0.39 is 0 Å². The zero-order valence-electron chi connectivity index (χ0n) is 22.8. The first kappa shape index (κ1) is 26.6. The van der Waals surface area contributed by atoms with Gasteiger partial charge in [-0.3, -0.25) is 4.79 Å². The summed E-state index contributed by atoms with van der Waals surface area (Å²) >= 11 is 0. The molecule has 0 aromatic heterocycles. The number of hydrogen-bond donors (Lipinski definition) is 3. The highest BCUT2D eigenvalue weighted by Gasteiger charge is 2.64. The van der Waals surface area contributed by atoms with E-state index in [2.05, 4.69) is 63.0 Å². The predicted octanol–water partition coefficient (Wildman–Crippen LogP) is 5.32. The highest BCUT2D eigenvalue weighted by atomic mass is 16.3. The molecule has 2 fully saturated rings. The van der Waals surface area contributed by atoms with Gasteiger partial charge < -0.3 is 21.1 Å². The lowest BCUT2D eigenvalue weighted by molar-refractivity contribution is -0.116. The van der Waals surface area contributed by atoms with Gasteiger partial charge in [-0.25, -0.2) is 0 Å². The van der Waals surface area contributed by atoms with Crippen molar-refractivity contribution in [3.63, 3.8) is 0 Å². The molecule has 4 rings (SSSR count). The topological polar surface area (TPSA) is 78.6 Å². The molecule has 3 aliphatic rings. The summed E-state index contributed by atoms with van der Waals surface area (Å²) in [5.41, 5.74) is 10.6. The maximum atomic E-state index is 12.6. The van der Waals surface area contributed by atoms with Crippen LogP contribution in [0.15, 0.2) is 18.2 Å². The second kappa shape index (κ2) is 10.5. The van der Waals surface area contributed by atoms with Crippen LogP contribution in [0.2, 0.25) is 0 Å². The van der Waals surface area contributed by atoms with Gasteiger partial charge in [-0.05, 0) is 98.5 Å². The van der Waals surface area contributed by atoms with Crippen molar-refractivity contribution >= 4 is 11.6 Å². The number of aliphatic hydroxyl groups is 1. The fourth-order valence-electron chi connectivity index (χ4n) is 7.81. The lowest BCUT2D eigenvalue weighted by Crippen LogP contribution is -2.65. The molecule has 0 saturated heterocycles. The van der Waals surface area contributed by atoms with E-state index in [0.717, 1.165) is 57.4 Å². The van der Waals surface area contributed by atoms with E-state index in [0.29, 0.717) is 30.1 Å². The van der Waals surface area contributed by atoms with Gasteiger partial charge in [-0.2, -0.15) is 0 Å². The number of aliphatic hydroxyl groups excluding tert-OH is 1. The maximum absolute atomic E-state index is 12.6. The number of rotatable bonds is 9. The van der Waals surface area contributed by atoms with Crippen LogP contribution in [0.5, 0.6) is 0 Å². The third-order valence-electron chi connectivity index (χ3n) is 10.1. The third kappa shape index (κ3) is 4.93. The molecule has 1 amide bonds. The van der Waals surface area contributed by atoms with Crippen LogP contribution in [0.1, 0.15) is 96.6 Å². The second-order valence-corrected chi connectivity index (χ2v) is 12.4. The van der Waals surface area contributed by atoms with Crippen LogP contribution in [0.4, 0.5) is 5.69 Å². The van der Waals surface area contributed by atoms with Crippen molar-refractivity contribution in [1.29, 1.82) is 0 Å². The number of carbonyl (C=O) groups is 1. The Morgan fingerprint density at radius 3 is 2.66 bits per heavy atom. The number of benzene rings is 1. The quantitative estimate of drug-likeness (QED) is 0.444. The number of nitrogens with zero attached hydrogens (tertiary/aromatic N) is 1. The molecule has 35 heavy (non-hydrogen) atoms. The summed E-state index contributed by atoms with van der Waals surface area (Å²) < 4.78 is 0. The van der Waals surface area contributed by atoms with Gasteiger partial charge in [0.2, 0.25) is 5.91 Å². The summed E-state index contributed by atoms with van der Waals surface area (Å²) in [6.07, 6.45) is 7.51. The Bertz CT molecular complexity index is 898. The van der Waals surface area contributed by atoms with Crippen LogP contribution in [-0.4, -0.2) is 47.2 Å². The normalized spacial score (nSPS) is 34.0. The summed E-state index contributed by atoms with van der Waals surface area (Å²) in [5.74, 6) is 2.16. The molecule has 0 heterocycles. The van der Waals surface area contributed by atoms with Gasteiger partial charge in [0.25, 0.3) is 0 Å². The van der Waals surface area contributed by atoms with Gasteiger partial charge in [-0.15, -0.1) is 0 Å². The molecule has 5 nitrogen and oxygen atoms in total. The average molecular weight is 484 g/mol. The molecule has 1 aromatic carbocycles. The van der Waals surface area contributed by atoms with Crippen LogP contribution < -0.4 is 11.1 Å². The molecule has 4 N–H and O–H groups in total. The monoisotopic (exact) mass is 483 g/mol. The molecule has 0 spiro atoms. The summed E-state index contributed by atoms with van der Waals surface area (Å²) in [5, 5.41) is 14.1. The predicted molar refractivity (Wildman–Crippen MR) is 144 cm³/mol. The highest BCUT2D eigenvalue weighted by Crippen LogP contribution is 2.63. The van der Waals surface area contributed by atoms with Crippen molar-refractivity contribution in [2.75, 3.05) is 25.0 Å². The SMILES string of the molecule is CCN(CC)CCC(=O)Nc1ccc2c(c1)C[C@@H](CCC(C)C)[C@@H]1[C@@H]2CC[C@]2(C)[C@@H](O)CC[C@@]12N. The summed E-state index contributed by atoms with van der Waals surface area (Å²) in [7, 11) is 0. The van der Waals surface area contributed by atoms with Crippen molar-refractivity contribution in [2.45, 2.75) is 104 Å². The summed E-state index contributed by atoms with van der Waals surface area (Å²) in [4.78, 5) is 14.9. The zero-order valence-corrected chi connectivity index (χ0v) is 22.8. The van der Waals surface area contributed by atoms with E-state index in [9.17, 15) is 9.90 Å². The van der Waals surface area contributed by atoms with Gasteiger partial charge >= 0.3 is 0 Å². The van der Waals surface area contributed by atoms with Crippen LogP contribution in [0.3, 0.4) is 0 Å². The molecular weight excluding hydrogens is 434 g/mol. The molecule has 0 radical (unpaired) electrons. The Labute approximate surface area is 213 Å². The fraction of sp³-hybridized carbons (Fsp3) is 0.767. The molecule has 1 aromatic rings. The number of hydrogen-bond acceptors (Lipinski definition) is 4. The first-order valence-corrected chi connectivity index (χ1v) is 14.2. The first-order valence-electron chi connectivity index (χ1n) is 14.2. The van der Waals surface area contributed by atoms with Gasteiger partial charge in [0.05, 0.1) is 6.10 Å². The molecule has 5 heteroatoms. The highest BCUT2D eigenvalue weighted by molar-refractivity contribution is 5.91. The molecular formula is C30H49N3O2. The largest absolute Gasteiger partial charge is 0.392 e. The van der Waals surface area contributed by atoms with E-state index in [-0.39, 0.29) is 23.0 Å². The lowest BCUT2D eigenvalue weighted by atomic mass is 9.48. The van der Waals surface area contributed by atoms with Crippen molar-refractivity contribution in [3.05, 3.63) is 29.3 Å². The maximum Gasteiger partial charge on any atom is 0.225 e. The van der Waals surface area contributed by atoms with Crippen LogP contribution in [-0.2, 0) is 11.2 Å². The van der Waals surface area contributed by atoms with Gasteiger partial charge in [-0.1, -0.05) is 47.1 Å². The second-order valence-electron chi connectivity index (χ2n) is 12.4. The first-order chi connectivity index (χ1) is 16.6. The van der Waals surface area contributed by atoms with E-state index >= 15 is 0 Å². The molecule has 2 saturated carbocycles. The Kier molecular flexibility index (Phi) is 8.00. The van der Waals surface area contributed by atoms with Gasteiger partial charge in [0, 0.05) is 29.6 Å². The van der Waals surface area contributed by atoms with Gasteiger partial charge in [0.15, 0.2) is 0 Å². The smallest absolute Gasteiger partial charge is 0.225 e. The standard InChI is InChI=1S/C30H49N3O2/c1-6-33(7-2)17-14-27(35)32-23-10-11-24-22(19-23)18-21(9-8-20(3)4)28-25(24)12-15-29(5)26(34)13-16-30(28,29)31/h10-11,19-21,25-26,28,34H,6-9,12-18,31H2,1-5H3,(H,32,35)/t21-,25-,26+,28-,29-,30-/m1/s1. The van der Waals surface area contributed by atoms with Crippen molar-refractivity contribution in [1.82, 2.24) is 4.90 Å². The van der Waals surface area contributed by atoms with E-state index in [1.54, 1.807) is 0 Å². The van der Waals surface area contributed by atoms with E-state index in [1.165, 1.54) is 24.0 Å². The number of anilines is 1. The molecule has 3 aliphatic carbocycles. The van der Waals surface area contributed by atoms with Crippen molar-refractivity contribution in [3.8, 4) is 0 Å². The molecule has 0 unspecified atom stereocenters. The summed E-state index contributed by atoms with van der Waals surface area (Å²) in [6.45, 7) is 13.9. The zero-order chi connectivity index (χ0) is 25.4. The minimum atomic E-state index is -0.300. The number of nitrogens with two attached hydrogens (primary N) is 1. The number of fused-ring (bicyclic) bond motifs is 5. The Morgan fingerprint density at radius 2 is 1.97 bits per heavy atom. The molecule has 6 atom stereocenters. The van der Waals surface area contributed by atoms with Crippen molar-refractivity contribution in [2.24, 2.45) is 28.9 Å². The summed E-state index contributed by atoms with van der Waals surface area (Å²) in [6, 6.07) is 6.60. The number of nitrogens with one attached hydrogen (secondary N) is 1. The molecule has 196 valence electrons. The minimum Gasteiger partial charge on any atom is -0.392 e. The van der Waals surface area contributed by atoms with E-state index in [1.807, 2.05) is 0 Å². The minimum absolute atomic E-state index is 0.0937. The number of amides is 1. The average Bonchev–Trinajstić information content (AvgIpc) is 3.07. The van der Waals surface area contributed by atoms with Crippen LogP contribution >= 0.6 is 0 Å². The number of carbonyl (C=O) groups excluding carboxylic acids is 1. The fourth-order valence-corrected chi connectivity index (χ4v) is 7.81.